The Morgan fingerprint density at radius 3 is 2.77 bits per heavy atom. The lowest BCUT2D eigenvalue weighted by Gasteiger charge is -2.11. The van der Waals surface area contributed by atoms with Gasteiger partial charge >= 0.3 is 0 Å². The molecule has 0 radical (unpaired) electrons. The van der Waals surface area contributed by atoms with E-state index in [9.17, 15) is 0 Å². The van der Waals surface area contributed by atoms with Gasteiger partial charge in [0, 0.05) is 0 Å². The van der Waals surface area contributed by atoms with Gasteiger partial charge in [-0.15, -0.1) is 0 Å². The fourth-order valence-electron chi connectivity index (χ4n) is 1.24. The maximum absolute atomic E-state index is 8.76. The number of hydrogen-bond acceptors (Lipinski definition) is 1. The Morgan fingerprint density at radius 2 is 2.23 bits per heavy atom. The summed E-state index contributed by atoms with van der Waals surface area (Å²) in [5.41, 5.74) is 1.64. The number of benzene rings is 1. The third-order valence-electron chi connectivity index (χ3n) is 2.29. The van der Waals surface area contributed by atoms with Gasteiger partial charge in [-0.05, 0) is 24.0 Å². The van der Waals surface area contributed by atoms with Crippen molar-refractivity contribution in [2.24, 2.45) is 0 Å². The molecular formula is C11H12ClN. The van der Waals surface area contributed by atoms with Gasteiger partial charge in [0.05, 0.1) is 10.6 Å². The molecule has 0 aromatic heterocycles. The summed E-state index contributed by atoms with van der Waals surface area (Å²) in [6, 6.07) is 7.69. The van der Waals surface area contributed by atoms with Crippen molar-refractivity contribution < 1.29 is 0 Å². The zero-order valence-electron chi connectivity index (χ0n) is 7.84. The maximum Gasteiger partial charge on any atom is 0.101 e. The van der Waals surface area contributed by atoms with Gasteiger partial charge in [-0.25, -0.2) is 0 Å². The van der Waals surface area contributed by atoms with Crippen molar-refractivity contribution in [1.29, 1.82) is 5.26 Å². The molecule has 13 heavy (non-hydrogen) atoms. The third-order valence-corrected chi connectivity index (χ3v) is 2.71. The molecule has 68 valence electrons. The fraction of sp³-hybridized carbons (Fsp3) is 0.364. The van der Waals surface area contributed by atoms with E-state index in [2.05, 4.69) is 19.9 Å². The molecule has 0 aliphatic carbocycles. The zero-order valence-corrected chi connectivity index (χ0v) is 8.60. The van der Waals surface area contributed by atoms with Crippen LogP contribution in [0.2, 0.25) is 5.02 Å². The third kappa shape index (κ3) is 2.02. The Kier molecular flexibility index (Phi) is 3.33. The minimum absolute atomic E-state index is 0.417. The Bertz CT molecular complexity index is 338. The predicted molar refractivity (Wildman–Crippen MR) is 54.9 cm³/mol. The maximum atomic E-state index is 8.76. The van der Waals surface area contributed by atoms with Gasteiger partial charge < -0.3 is 0 Å². The first-order valence-electron chi connectivity index (χ1n) is 4.39. The van der Waals surface area contributed by atoms with E-state index in [1.165, 1.54) is 0 Å². The van der Waals surface area contributed by atoms with E-state index in [1.54, 1.807) is 6.07 Å². The SMILES string of the molecule is CCC(C)c1cccc(C#N)c1Cl. The first-order valence-corrected chi connectivity index (χ1v) is 4.77. The minimum atomic E-state index is 0.417. The van der Waals surface area contributed by atoms with Gasteiger partial charge in [0.2, 0.25) is 0 Å². The largest absolute Gasteiger partial charge is 0.192 e. The van der Waals surface area contributed by atoms with Crippen LogP contribution in [0.5, 0.6) is 0 Å². The van der Waals surface area contributed by atoms with Crippen LogP contribution in [0.25, 0.3) is 0 Å². The molecule has 0 saturated carbocycles. The van der Waals surface area contributed by atoms with Crippen LogP contribution >= 0.6 is 11.6 Å². The highest BCUT2D eigenvalue weighted by Crippen LogP contribution is 2.28. The molecule has 0 bridgehead atoms. The van der Waals surface area contributed by atoms with Crippen molar-refractivity contribution >= 4 is 11.6 Å². The highest BCUT2D eigenvalue weighted by molar-refractivity contribution is 6.32. The van der Waals surface area contributed by atoms with Crippen molar-refractivity contribution in [3.8, 4) is 6.07 Å². The van der Waals surface area contributed by atoms with Crippen molar-refractivity contribution in [2.75, 3.05) is 0 Å². The Labute approximate surface area is 84.0 Å². The molecular weight excluding hydrogens is 182 g/mol. The summed E-state index contributed by atoms with van der Waals surface area (Å²) in [7, 11) is 0. The van der Waals surface area contributed by atoms with Gasteiger partial charge in [-0.3, -0.25) is 0 Å². The van der Waals surface area contributed by atoms with Gasteiger partial charge in [-0.2, -0.15) is 5.26 Å². The summed E-state index contributed by atoms with van der Waals surface area (Å²) in [6.45, 7) is 4.22. The molecule has 1 unspecified atom stereocenters. The summed E-state index contributed by atoms with van der Waals surface area (Å²) in [5, 5.41) is 9.37. The first-order chi connectivity index (χ1) is 6.20. The average molecular weight is 194 g/mol. The molecule has 0 N–H and O–H groups in total. The highest BCUT2D eigenvalue weighted by atomic mass is 35.5. The molecule has 0 amide bonds. The lowest BCUT2D eigenvalue weighted by molar-refractivity contribution is 0.733. The van der Waals surface area contributed by atoms with Crippen molar-refractivity contribution in [3.63, 3.8) is 0 Å². The molecule has 2 heteroatoms. The standard InChI is InChI=1S/C11H12ClN/c1-3-8(2)10-6-4-5-9(7-13)11(10)12/h4-6,8H,3H2,1-2H3. The predicted octanol–water partition coefficient (Wildman–Crippen LogP) is 3.73. The van der Waals surface area contributed by atoms with Crippen molar-refractivity contribution in [2.45, 2.75) is 26.2 Å². The Balaban J connectivity index is 3.17. The van der Waals surface area contributed by atoms with Crippen LogP contribution in [0, 0.1) is 11.3 Å². The van der Waals surface area contributed by atoms with Gasteiger partial charge in [0.15, 0.2) is 0 Å². The molecule has 0 aliphatic heterocycles. The van der Waals surface area contributed by atoms with Crippen LogP contribution in [-0.4, -0.2) is 0 Å². The molecule has 0 heterocycles. The summed E-state index contributed by atoms with van der Waals surface area (Å²) in [6.07, 6.45) is 1.04. The molecule has 0 fully saturated rings. The molecule has 0 saturated heterocycles. The average Bonchev–Trinajstić information content (AvgIpc) is 2.17. The van der Waals surface area contributed by atoms with E-state index in [-0.39, 0.29) is 0 Å². The monoisotopic (exact) mass is 193 g/mol. The van der Waals surface area contributed by atoms with Crippen LogP contribution in [0.15, 0.2) is 18.2 Å². The van der Waals surface area contributed by atoms with E-state index in [0.29, 0.717) is 16.5 Å². The number of rotatable bonds is 2. The quantitative estimate of drug-likeness (QED) is 0.702. The Morgan fingerprint density at radius 1 is 1.54 bits per heavy atom. The molecule has 1 nitrogen and oxygen atoms in total. The summed E-state index contributed by atoms with van der Waals surface area (Å²) in [5.74, 6) is 0.417. The lowest BCUT2D eigenvalue weighted by atomic mass is 9.97. The van der Waals surface area contributed by atoms with Crippen LogP contribution in [0.4, 0.5) is 0 Å². The van der Waals surface area contributed by atoms with E-state index in [1.807, 2.05) is 12.1 Å². The highest BCUT2D eigenvalue weighted by Gasteiger charge is 2.10. The number of nitriles is 1. The molecule has 0 aliphatic rings. The van der Waals surface area contributed by atoms with E-state index >= 15 is 0 Å². The summed E-state index contributed by atoms with van der Waals surface area (Å²) in [4.78, 5) is 0. The van der Waals surface area contributed by atoms with Crippen LogP contribution < -0.4 is 0 Å². The number of hydrogen-bond donors (Lipinski definition) is 0. The van der Waals surface area contributed by atoms with E-state index in [4.69, 9.17) is 16.9 Å². The second-order valence-electron chi connectivity index (χ2n) is 3.13. The van der Waals surface area contributed by atoms with Crippen molar-refractivity contribution in [3.05, 3.63) is 34.3 Å². The van der Waals surface area contributed by atoms with E-state index < -0.39 is 0 Å². The summed E-state index contributed by atoms with van der Waals surface area (Å²) >= 11 is 6.06. The van der Waals surface area contributed by atoms with E-state index in [0.717, 1.165) is 12.0 Å². The fourth-order valence-corrected chi connectivity index (χ4v) is 1.59. The molecule has 1 aromatic carbocycles. The smallest absolute Gasteiger partial charge is 0.101 e. The van der Waals surface area contributed by atoms with Crippen LogP contribution in [0.1, 0.15) is 37.3 Å². The van der Waals surface area contributed by atoms with Gasteiger partial charge in [0.1, 0.15) is 6.07 Å². The van der Waals surface area contributed by atoms with Gasteiger partial charge in [0.25, 0.3) is 0 Å². The van der Waals surface area contributed by atoms with Crippen LogP contribution in [-0.2, 0) is 0 Å². The Hall–Kier alpha value is -1.00. The molecule has 1 aromatic rings. The topological polar surface area (TPSA) is 23.8 Å². The minimum Gasteiger partial charge on any atom is -0.192 e. The second kappa shape index (κ2) is 4.30. The molecule has 0 spiro atoms. The lowest BCUT2D eigenvalue weighted by Crippen LogP contribution is -1.93. The summed E-state index contributed by atoms with van der Waals surface area (Å²) < 4.78 is 0. The van der Waals surface area contributed by atoms with Crippen molar-refractivity contribution in [1.82, 2.24) is 0 Å². The second-order valence-corrected chi connectivity index (χ2v) is 3.51. The first kappa shape index (κ1) is 10.1. The van der Waals surface area contributed by atoms with Crippen LogP contribution in [0.3, 0.4) is 0 Å². The number of nitrogens with zero attached hydrogens (tertiary/aromatic N) is 1. The molecule has 1 atom stereocenters. The van der Waals surface area contributed by atoms with Gasteiger partial charge in [-0.1, -0.05) is 37.6 Å². The molecule has 1 rings (SSSR count). The normalized spacial score (nSPS) is 12.2. The number of halogens is 1. The zero-order chi connectivity index (χ0) is 9.84.